The summed E-state index contributed by atoms with van der Waals surface area (Å²) in [7, 11) is -2.74. The average molecular weight is 998 g/mol. The Balaban J connectivity index is 0.000000375. The molecule has 9 aromatic carbocycles. The van der Waals surface area contributed by atoms with Gasteiger partial charge in [-0.15, -0.1) is 12.1 Å². The van der Waals surface area contributed by atoms with E-state index < -0.39 is 26.7 Å². The van der Waals surface area contributed by atoms with Crippen LogP contribution in [0.25, 0.3) is 32.7 Å². The Bertz CT molecular complexity index is 2590. The van der Waals surface area contributed by atoms with Crippen molar-refractivity contribution in [3.05, 3.63) is 241 Å². The number of aromatic carboxylic acids is 1. The molecule has 0 saturated heterocycles. The second kappa shape index (κ2) is 20.2. The van der Waals surface area contributed by atoms with Crippen molar-refractivity contribution in [2.45, 2.75) is 0 Å². The van der Waals surface area contributed by atoms with Gasteiger partial charge in [0.15, 0.2) is 5.69 Å². The fourth-order valence-electron chi connectivity index (χ4n) is 7.56. The summed E-state index contributed by atoms with van der Waals surface area (Å²) >= 11 is 0. The molecule has 0 heterocycles. The number of nitro benzene ring substituents is 1. The van der Waals surface area contributed by atoms with Crippen LogP contribution in [0.2, 0.25) is 0 Å². The van der Waals surface area contributed by atoms with E-state index >= 15 is 0 Å². The molecular weight excluding hydrogens is 957 g/mol. The quantitative estimate of drug-likeness (QED) is 0.0676. The number of nitrogens with zero attached hydrogens (tertiary/aromatic N) is 1. The average Bonchev–Trinajstić information content (AvgIpc) is 3.28. The minimum Gasteiger partial charge on any atom is -0.521 e. The smallest absolute Gasteiger partial charge is 0.247 e. The van der Waals surface area contributed by atoms with Crippen LogP contribution in [-0.4, -0.2) is 16.0 Å². The maximum absolute atomic E-state index is 10.3. The Morgan fingerprint density at radius 1 is 0.500 bits per heavy atom. The molecule has 0 aromatic heterocycles. The molecule has 0 aliphatic rings. The Morgan fingerprint density at radius 2 is 0.850 bits per heavy atom. The van der Waals surface area contributed by atoms with Crippen molar-refractivity contribution in [2.75, 3.05) is 0 Å². The van der Waals surface area contributed by atoms with Gasteiger partial charge in [-0.2, -0.15) is 0 Å². The van der Waals surface area contributed by atoms with Gasteiger partial charge >= 0.3 is 0 Å². The summed E-state index contributed by atoms with van der Waals surface area (Å²) in [6.07, 6.45) is 0. The number of fused-ring (bicyclic) bond motifs is 2. The van der Waals surface area contributed by atoms with Crippen molar-refractivity contribution in [3.63, 3.8) is 0 Å². The zero-order chi connectivity index (χ0) is 39.8. The first kappa shape index (κ1) is 43.5. The van der Waals surface area contributed by atoms with Gasteiger partial charge in [-0.1, -0.05) is 151 Å². The van der Waals surface area contributed by atoms with Crippen molar-refractivity contribution in [1.82, 2.24) is 0 Å². The van der Waals surface area contributed by atoms with Gasteiger partial charge in [-0.3, -0.25) is 10.1 Å². The predicted molar refractivity (Wildman–Crippen MR) is 252 cm³/mol. The first-order chi connectivity index (χ1) is 28.5. The Morgan fingerprint density at radius 3 is 1.20 bits per heavy atom. The second-order valence-corrected chi connectivity index (χ2v) is 18.5. The van der Waals surface area contributed by atoms with E-state index in [0.29, 0.717) is 0 Å². The van der Waals surface area contributed by atoms with Crippen LogP contribution in [0.1, 0.15) is 10.4 Å². The molecule has 0 bridgehead atoms. The third-order valence-corrected chi connectivity index (χ3v) is 15.7. The molecule has 0 spiro atoms. The molecule has 0 fully saturated rings. The van der Waals surface area contributed by atoms with E-state index in [4.69, 9.17) is 5.11 Å². The van der Waals surface area contributed by atoms with Gasteiger partial charge in [-0.25, -0.2) is 0 Å². The predicted octanol–water partition coefficient (Wildman–Crippen LogP) is 10.2. The number of non-ortho nitro benzene ring substituents is 1. The number of hydrogen-bond donors (Lipinski definition) is 1. The monoisotopic (exact) mass is 998 g/mol. The number of carboxylic acids is 1. The van der Waals surface area contributed by atoms with Crippen LogP contribution < -0.4 is 31.8 Å². The summed E-state index contributed by atoms with van der Waals surface area (Å²) in [5.74, 6) is -1.22. The number of rotatable bonds is 9. The molecule has 1 N–H and O–H groups in total. The number of hydrogen-bond acceptors (Lipinski definition) is 3. The van der Waals surface area contributed by atoms with Gasteiger partial charge in [0.2, 0.25) is 5.97 Å². The van der Waals surface area contributed by atoms with Gasteiger partial charge in [-0.05, 0) is 82.2 Å². The summed E-state index contributed by atoms with van der Waals surface area (Å²) < 4.78 is 0. The molecule has 9 rings (SSSR count). The van der Waals surface area contributed by atoms with Crippen LogP contribution in [0.3, 0.4) is 0 Å². The number of nitro groups is 1. The molecule has 0 amide bonds. The van der Waals surface area contributed by atoms with Gasteiger partial charge in [0.05, 0.1) is 15.8 Å². The van der Waals surface area contributed by atoms with Crippen molar-refractivity contribution in [2.24, 2.45) is 0 Å². The zero-order valence-corrected chi connectivity index (χ0v) is 37.1. The van der Waals surface area contributed by atoms with Crippen molar-refractivity contribution in [1.29, 1.82) is 0 Å². The van der Waals surface area contributed by atoms with Crippen LogP contribution in [0.4, 0.5) is 5.69 Å². The van der Waals surface area contributed by atoms with Gasteiger partial charge in [0.25, 0.3) is 0 Å². The minimum absolute atomic E-state index is 0. The van der Waals surface area contributed by atoms with Crippen LogP contribution in [0, 0.1) is 23.6 Å². The minimum atomic E-state index is -1.37. The molecule has 297 valence electrons. The van der Waals surface area contributed by atoms with E-state index in [1.807, 2.05) is 0 Å². The summed E-state index contributed by atoms with van der Waals surface area (Å²) in [6.45, 7) is 0. The molecule has 0 aliphatic carbocycles. The molecule has 0 aliphatic heterocycles. The van der Waals surface area contributed by atoms with Gasteiger partial charge < -0.3 is 17.3 Å². The van der Waals surface area contributed by atoms with E-state index in [9.17, 15) is 14.9 Å². The van der Waals surface area contributed by atoms with E-state index in [0.717, 1.165) is 6.07 Å². The molecule has 0 unspecified atom stereocenters. The molecule has 0 atom stereocenters. The number of carboxylic acid groups (broad SMARTS) is 1. The first-order valence-electron chi connectivity index (χ1n) is 18.9. The molecular formula is C52H41IrNO4P2. The summed E-state index contributed by atoms with van der Waals surface area (Å²) in [4.78, 5) is 19.8. The fraction of sp³-hybridized carbons (Fsp3) is 0. The standard InChI is InChI=1S/C44H32P2.C7H4NO4.CH3.Ir/c1-5-19-35(20-6-1)45(36-21-7-2-8-22-36)41-31-29-33-17-13-15-27-39(33)43(41)44-40-28-16-14-18-34(40)30-32-42(44)46(37-23-9-3-10-24-37)38-25-11-4-12-26-38;9-7(10)5-2-1-3-6(4-5)8(11)12;;/h1-32H;1,3-4H,(H,9,10);1H3;/q;2*-1;/p+2. The molecule has 8 heteroatoms. The summed E-state index contributed by atoms with van der Waals surface area (Å²) in [6, 6.07) is 77.9. The molecule has 9 aromatic rings. The van der Waals surface area contributed by atoms with Crippen molar-refractivity contribution in [3.8, 4) is 11.1 Å². The largest absolute Gasteiger partial charge is 0.521 e. The van der Waals surface area contributed by atoms with E-state index in [1.165, 1.54) is 76.6 Å². The van der Waals surface area contributed by atoms with Crippen LogP contribution in [-0.2, 0) is 20.1 Å². The van der Waals surface area contributed by atoms with E-state index in [-0.39, 0.29) is 38.8 Å². The van der Waals surface area contributed by atoms with Crippen molar-refractivity contribution < 1.29 is 34.9 Å². The molecule has 1 radical (unpaired) electrons. The third kappa shape index (κ3) is 9.35. The van der Waals surface area contributed by atoms with E-state index in [1.54, 1.807) is 0 Å². The topological polar surface area (TPSA) is 80.4 Å². The fourth-order valence-corrected chi connectivity index (χ4v) is 13.1. The van der Waals surface area contributed by atoms with Crippen molar-refractivity contribution >= 4 is 80.9 Å². The van der Waals surface area contributed by atoms with E-state index in [2.05, 4.69) is 200 Å². The third-order valence-electron chi connectivity index (χ3n) is 10.1. The van der Waals surface area contributed by atoms with Crippen LogP contribution in [0.5, 0.6) is 0 Å². The maximum Gasteiger partial charge on any atom is 0.247 e. The Hall–Kier alpha value is -6.12. The number of benzene rings is 9. The first-order valence-corrected chi connectivity index (χ1v) is 21.9. The second-order valence-electron chi connectivity index (χ2n) is 13.7. The molecule has 60 heavy (non-hydrogen) atoms. The molecule has 5 nitrogen and oxygen atoms in total. The maximum atomic E-state index is 10.3. The van der Waals surface area contributed by atoms with Crippen LogP contribution in [0.15, 0.2) is 212 Å². The SMILES string of the molecule is O=C(O)c1[c-]ccc([N+](=O)[O-])c1.[CH3-].[Ir].c1ccc([PH+](c2ccccc2)c2ccc3ccccc3c2-c2c([PH+](c3ccccc3)c3ccccc3)ccc3ccccc23)cc1. The van der Waals surface area contributed by atoms with Crippen LogP contribution >= 0.6 is 15.8 Å². The van der Waals surface area contributed by atoms with Gasteiger partial charge in [0.1, 0.15) is 31.8 Å². The summed E-state index contributed by atoms with van der Waals surface area (Å²) in [5, 5.41) is 32.2. The number of carbonyl (C=O) groups is 1. The zero-order valence-electron chi connectivity index (χ0n) is 32.7. The van der Waals surface area contributed by atoms with Gasteiger partial charge in [0, 0.05) is 36.2 Å². The summed E-state index contributed by atoms with van der Waals surface area (Å²) in [5.41, 5.74) is 2.30. The Labute approximate surface area is 366 Å². The normalized spacial score (nSPS) is 10.6. The Kier molecular flexibility index (Phi) is 14.7. The molecule has 0 saturated carbocycles.